The predicted octanol–water partition coefficient (Wildman–Crippen LogP) is 2.37. The summed E-state index contributed by atoms with van der Waals surface area (Å²) in [6.07, 6.45) is 1.56. The lowest BCUT2D eigenvalue weighted by atomic mass is 9.91. The van der Waals surface area contributed by atoms with E-state index >= 15 is 0 Å². The van der Waals surface area contributed by atoms with Gasteiger partial charge >= 0.3 is 0 Å². The quantitative estimate of drug-likeness (QED) is 0.794. The summed E-state index contributed by atoms with van der Waals surface area (Å²) in [7, 11) is 0. The molecule has 3 N–H and O–H groups in total. The van der Waals surface area contributed by atoms with Crippen LogP contribution >= 0.6 is 11.6 Å². The van der Waals surface area contributed by atoms with Crippen LogP contribution in [0.1, 0.15) is 34.0 Å². The van der Waals surface area contributed by atoms with Crippen molar-refractivity contribution in [3.8, 4) is 5.75 Å². The Morgan fingerprint density at radius 1 is 1.48 bits per heavy atom. The summed E-state index contributed by atoms with van der Waals surface area (Å²) in [5.41, 5.74) is 6.42. The van der Waals surface area contributed by atoms with Crippen molar-refractivity contribution in [2.24, 2.45) is 0 Å². The molecule has 0 radical (unpaired) electrons. The molecule has 2 aromatic rings. The number of nitrogens with one attached hydrogen (secondary N) is 1. The molecule has 6 heteroatoms. The molecule has 0 spiro atoms. The first-order chi connectivity index (χ1) is 10.1. The van der Waals surface area contributed by atoms with Crippen molar-refractivity contribution in [1.82, 2.24) is 10.5 Å². The number of hydrogen-bond acceptors (Lipinski definition) is 5. The summed E-state index contributed by atoms with van der Waals surface area (Å²) >= 11 is 6.08. The molecule has 0 amide bonds. The van der Waals surface area contributed by atoms with Crippen molar-refractivity contribution in [3.63, 3.8) is 0 Å². The van der Waals surface area contributed by atoms with E-state index in [4.69, 9.17) is 16.4 Å². The largest absolute Gasteiger partial charge is 0.506 e. The van der Waals surface area contributed by atoms with Gasteiger partial charge in [-0.1, -0.05) is 17.7 Å². The summed E-state index contributed by atoms with van der Waals surface area (Å²) in [5.74, 6) is 0.0514. The molecule has 21 heavy (non-hydrogen) atoms. The van der Waals surface area contributed by atoms with E-state index in [1.165, 1.54) is 0 Å². The molecule has 5 nitrogen and oxygen atoms in total. The fourth-order valence-electron chi connectivity index (χ4n) is 2.55. The third kappa shape index (κ3) is 2.49. The highest BCUT2D eigenvalue weighted by Gasteiger charge is 2.28. The summed E-state index contributed by atoms with van der Waals surface area (Å²) in [5, 5.41) is 20.5. The maximum absolute atomic E-state index is 10.4. The number of hydroxylamine groups is 1. The van der Waals surface area contributed by atoms with E-state index in [0.29, 0.717) is 28.5 Å². The maximum Gasteiger partial charge on any atom is 0.142 e. The average Bonchev–Trinajstić information content (AvgIpc) is 2.49. The third-order valence-corrected chi connectivity index (χ3v) is 3.90. The number of aliphatic hydroxyl groups excluding tert-OH is 1. The molecule has 1 unspecified atom stereocenters. The molecule has 2 heterocycles. The molecule has 3 rings (SSSR count). The summed E-state index contributed by atoms with van der Waals surface area (Å²) < 4.78 is 0. The zero-order valence-corrected chi connectivity index (χ0v) is 12.2. The van der Waals surface area contributed by atoms with Crippen LogP contribution in [-0.4, -0.2) is 15.2 Å². The van der Waals surface area contributed by atoms with Gasteiger partial charge in [-0.15, -0.1) is 0 Å². The van der Waals surface area contributed by atoms with Gasteiger partial charge in [-0.3, -0.25) is 9.82 Å². The number of pyridine rings is 1. The molecule has 1 aromatic carbocycles. The molecule has 1 aliphatic heterocycles. The Balaban J connectivity index is 2.19. The van der Waals surface area contributed by atoms with Crippen molar-refractivity contribution in [2.45, 2.75) is 26.2 Å². The second kappa shape index (κ2) is 5.61. The predicted molar refractivity (Wildman–Crippen MR) is 77.8 cm³/mol. The van der Waals surface area contributed by atoms with Crippen LogP contribution in [0.3, 0.4) is 0 Å². The number of hydrogen-bond donors (Lipinski definition) is 3. The average molecular weight is 307 g/mol. The number of aryl methyl sites for hydroxylation is 1. The first-order valence-electron chi connectivity index (χ1n) is 6.55. The number of benzene rings is 1. The van der Waals surface area contributed by atoms with Gasteiger partial charge in [0.1, 0.15) is 5.75 Å². The van der Waals surface area contributed by atoms with Gasteiger partial charge in [-0.05, 0) is 30.2 Å². The highest BCUT2D eigenvalue weighted by Crippen LogP contribution is 2.38. The first kappa shape index (κ1) is 14.3. The SMILES string of the molecule is Cc1ncc(CO)c(C2NOCc3ccc(Cl)cc32)c1O. The van der Waals surface area contributed by atoms with Gasteiger partial charge in [0, 0.05) is 22.3 Å². The number of aliphatic hydroxyl groups is 1. The fraction of sp³-hybridized carbons (Fsp3) is 0.267. The molecule has 0 fully saturated rings. The lowest BCUT2D eigenvalue weighted by Gasteiger charge is -2.29. The molecule has 1 aliphatic rings. The lowest BCUT2D eigenvalue weighted by molar-refractivity contribution is -0.00309. The smallest absolute Gasteiger partial charge is 0.142 e. The summed E-state index contributed by atoms with van der Waals surface area (Å²) in [4.78, 5) is 9.46. The van der Waals surface area contributed by atoms with Crippen LogP contribution in [0.2, 0.25) is 5.02 Å². The summed E-state index contributed by atoms with van der Waals surface area (Å²) in [6.45, 7) is 1.91. The minimum atomic E-state index is -0.406. The number of fused-ring (bicyclic) bond motifs is 1. The first-order valence-corrected chi connectivity index (χ1v) is 6.93. The standard InChI is InChI=1S/C15H15ClN2O3/c1-8-15(20)13(10(6-19)5-17-8)14-12-4-11(16)3-2-9(12)7-21-18-14/h2-5,14,18-20H,6-7H2,1H3. The molecule has 1 aromatic heterocycles. The van der Waals surface area contributed by atoms with Gasteiger partial charge in [0.05, 0.1) is 24.9 Å². The van der Waals surface area contributed by atoms with E-state index in [-0.39, 0.29) is 12.4 Å². The van der Waals surface area contributed by atoms with Crippen LogP contribution in [0.25, 0.3) is 0 Å². The number of halogens is 1. The van der Waals surface area contributed by atoms with E-state index in [0.717, 1.165) is 11.1 Å². The van der Waals surface area contributed by atoms with Crippen molar-refractivity contribution in [3.05, 3.63) is 57.4 Å². The zero-order chi connectivity index (χ0) is 15.0. The Morgan fingerprint density at radius 3 is 3.05 bits per heavy atom. The highest BCUT2D eigenvalue weighted by atomic mass is 35.5. The van der Waals surface area contributed by atoms with Crippen molar-refractivity contribution in [1.29, 1.82) is 0 Å². The van der Waals surface area contributed by atoms with E-state index in [1.807, 2.05) is 12.1 Å². The second-order valence-corrected chi connectivity index (χ2v) is 5.41. The van der Waals surface area contributed by atoms with Crippen molar-refractivity contribution in [2.75, 3.05) is 0 Å². The molecule has 0 bridgehead atoms. The number of aromatic nitrogens is 1. The van der Waals surface area contributed by atoms with Gasteiger partial charge in [0.2, 0.25) is 0 Å². The lowest BCUT2D eigenvalue weighted by Crippen LogP contribution is -2.29. The van der Waals surface area contributed by atoms with E-state index < -0.39 is 6.04 Å². The van der Waals surface area contributed by atoms with Crippen molar-refractivity contribution >= 4 is 11.6 Å². The van der Waals surface area contributed by atoms with Crippen molar-refractivity contribution < 1.29 is 15.1 Å². The molecule has 0 aliphatic carbocycles. The Bertz CT molecular complexity index is 691. The maximum atomic E-state index is 10.4. The van der Waals surface area contributed by atoms with Gasteiger partial charge in [-0.25, -0.2) is 0 Å². The number of nitrogens with zero attached hydrogens (tertiary/aromatic N) is 1. The van der Waals surface area contributed by atoms with Crippen LogP contribution in [0.15, 0.2) is 24.4 Å². The topological polar surface area (TPSA) is 74.6 Å². The second-order valence-electron chi connectivity index (χ2n) is 4.97. The molecule has 0 saturated heterocycles. The molecular formula is C15H15ClN2O3. The van der Waals surface area contributed by atoms with Crippen LogP contribution < -0.4 is 5.48 Å². The highest BCUT2D eigenvalue weighted by molar-refractivity contribution is 6.30. The van der Waals surface area contributed by atoms with Gasteiger partial charge in [-0.2, -0.15) is 5.48 Å². The Morgan fingerprint density at radius 2 is 2.29 bits per heavy atom. The van der Waals surface area contributed by atoms with E-state index in [1.54, 1.807) is 19.2 Å². The minimum absolute atomic E-state index is 0.0514. The van der Waals surface area contributed by atoms with Gasteiger partial charge in [0.15, 0.2) is 0 Å². The van der Waals surface area contributed by atoms with Gasteiger partial charge in [0.25, 0.3) is 0 Å². The Labute approximate surface area is 127 Å². The monoisotopic (exact) mass is 306 g/mol. The zero-order valence-electron chi connectivity index (χ0n) is 11.4. The Kier molecular flexibility index (Phi) is 3.82. The van der Waals surface area contributed by atoms with E-state index in [2.05, 4.69) is 10.5 Å². The van der Waals surface area contributed by atoms with Crippen LogP contribution in [0.4, 0.5) is 0 Å². The normalized spacial score (nSPS) is 17.6. The van der Waals surface area contributed by atoms with Crippen LogP contribution in [0.5, 0.6) is 5.75 Å². The molecule has 110 valence electrons. The number of rotatable bonds is 2. The van der Waals surface area contributed by atoms with E-state index in [9.17, 15) is 10.2 Å². The van der Waals surface area contributed by atoms with Gasteiger partial charge < -0.3 is 10.2 Å². The van der Waals surface area contributed by atoms with Crippen LogP contribution in [-0.2, 0) is 18.1 Å². The molecule has 0 saturated carbocycles. The molecule has 1 atom stereocenters. The minimum Gasteiger partial charge on any atom is -0.506 e. The Hall–Kier alpha value is -1.66. The molecular weight excluding hydrogens is 292 g/mol. The number of aromatic hydroxyl groups is 1. The third-order valence-electron chi connectivity index (χ3n) is 3.66. The van der Waals surface area contributed by atoms with Crippen LogP contribution in [0, 0.1) is 6.92 Å². The summed E-state index contributed by atoms with van der Waals surface area (Å²) in [6, 6.07) is 5.13. The fourth-order valence-corrected chi connectivity index (χ4v) is 2.73.